The summed E-state index contributed by atoms with van der Waals surface area (Å²) in [5.41, 5.74) is 1.66. The van der Waals surface area contributed by atoms with Crippen LogP contribution in [0.3, 0.4) is 0 Å². The minimum atomic E-state index is -0.360. The number of nitrogens with one attached hydrogen (secondary N) is 1. The summed E-state index contributed by atoms with van der Waals surface area (Å²) in [6, 6.07) is 13.2. The summed E-state index contributed by atoms with van der Waals surface area (Å²) in [4.78, 5) is 30.7. The van der Waals surface area contributed by atoms with E-state index in [0.29, 0.717) is 18.1 Å². The molecule has 6 heteroatoms. The largest absolute Gasteiger partial charge is 0.481 e. The summed E-state index contributed by atoms with van der Waals surface area (Å²) in [5.74, 6) is -0.0369. The number of likely N-dealkylation sites (tertiary alicyclic amines) is 1. The van der Waals surface area contributed by atoms with Gasteiger partial charge in [0.05, 0.1) is 31.0 Å². The van der Waals surface area contributed by atoms with Gasteiger partial charge in [0.15, 0.2) is 0 Å². The quantitative estimate of drug-likeness (QED) is 0.909. The zero-order chi connectivity index (χ0) is 17.8. The Balaban J connectivity index is 1.64. The van der Waals surface area contributed by atoms with Crippen molar-refractivity contribution in [3.63, 3.8) is 0 Å². The fourth-order valence-electron chi connectivity index (χ4n) is 3.01. The maximum atomic E-state index is 12.5. The number of nitrogens with zero attached hydrogens (tertiary/aromatic N) is 2. The molecule has 1 aliphatic heterocycles. The van der Waals surface area contributed by atoms with Gasteiger partial charge in [0.2, 0.25) is 17.7 Å². The molecule has 2 amide bonds. The number of pyridine rings is 1. The summed E-state index contributed by atoms with van der Waals surface area (Å²) in [5, 5.41) is 2.82. The Hall–Kier alpha value is -2.89. The molecule has 1 aromatic carbocycles. The molecule has 6 nitrogen and oxygen atoms in total. The van der Waals surface area contributed by atoms with Crippen LogP contribution in [0.1, 0.15) is 24.9 Å². The monoisotopic (exact) mass is 339 g/mol. The van der Waals surface area contributed by atoms with Crippen molar-refractivity contribution in [2.45, 2.75) is 19.4 Å². The Labute approximate surface area is 146 Å². The van der Waals surface area contributed by atoms with Crippen LogP contribution in [0.2, 0.25) is 0 Å². The summed E-state index contributed by atoms with van der Waals surface area (Å²) >= 11 is 0. The highest BCUT2D eigenvalue weighted by atomic mass is 16.5. The third-order valence-corrected chi connectivity index (χ3v) is 4.49. The Morgan fingerprint density at radius 1 is 1.28 bits per heavy atom. The molecule has 0 unspecified atom stereocenters. The van der Waals surface area contributed by atoms with Crippen molar-refractivity contribution in [1.82, 2.24) is 9.88 Å². The molecule has 0 saturated carbocycles. The summed E-state index contributed by atoms with van der Waals surface area (Å²) in [7, 11) is 1.53. The van der Waals surface area contributed by atoms with Crippen molar-refractivity contribution in [2.75, 3.05) is 19.0 Å². The normalized spacial score (nSPS) is 18.1. The van der Waals surface area contributed by atoms with E-state index in [4.69, 9.17) is 4.74 Å². The zero-order valence-corrected chi connectivity index (χ0v) is 14.3. The van der Waals surface area contributed by atoms with E-state index in [1.54, 1.807) is 17.0 Å². The third kappa shape index (κ3) is 3.79. The first-order chi connectivity index (χ1) is 12.1. The SMILES string of the molecule is COc1ccc(NC(=O)[C@@H]2CC(=O)N([C@H](C)c3ccccc3)C2)cn1. The van der Waals surface area contributed by atoms with E-state index in [0.717, 1.165) is 5.56 Å². The average Bonchev–Trinajstić information content (AvgIpc) is 3.04. The van der Waals surface area contributed by atoms with E-state index in [9.17, 15) is 9.59 Å². The van der Waals surface area contributed by atoms with Gasteiger partial charge < -0.3 is 15.0 Å². The van der Waals surface area contributed by atoms with E-state index in [1.807, 2.05) is 37.3 Å². The molecule has 1 fully saturated rings. The van der Waals surface area contributed by atoms with Gasteiger partial charge in [-0.05, 0) is 18.6 Å². The predicted octanol–water partition coefficient (Wildman–Crippen LogP) is 2.64. The van der Waals surface area contributed by atoms with E-state index >= 15 is 0 Å². The van der Waals surface area contributed by atoms with E-state index in [2.05, 4.69) is 10.3 Å². The molecule has 2 atom stereocenters. The zero-order valence-electron chi connectivity index (χ0n) is 14.3. The second kappa shape index (κ2) is 7.34. The van der Waals surface area contributed by atoms with Gasteiger partial charge in [-0.15, -0.1) is 0 Å². The van der Waals surface area contributed by atoms with Crippen molar-refractivity contribution in [3.8, 4) is 5.88 Å². The first-order valence-electron chi connectivity index (χ1n) is 8.24. The van der Waals surface area contributed by atoms with Crippen LogP contribution in [0.25, 0.3) is 0 Å². The van der Waals surface area contributed by atoms with Gasteiger partial charge in [-0.1, -0.05) is 30.3 Å². The topological polar surface area (TPSA) is 71.5 Å². The van der Waals surface area contributed by atoms with Crippen LogP contribution in [-0.4, -0.2) is 35.4 Å². The van der Waals surface area contributed by atoms with E-state index < -0.39 is 0 Å². The van der Waals surface area contributed by atoms with Gasteiger partial charge in [0.25, 0.3) is 0 Å². The molecule has 0 spiro atoms. The van der Waals surface area contributed by atoms with E-state index in [-0.39, 0.29) is 30.2 Å². The number of benzene rings is 1. The number of carbonyl (C=O) groups is 2. The summed E-state index contributed by atoms with van der Waals surface area (Å²) < 4.78 is 5.00. The van der Waals surface area contributed by atoms with Gasteiger partial charge in [0, 0.05) is 19.0 Å². The highest BCUT2D eigenvalue weighted by molar-refractivity contribution is 5.97. The molecule has 0 aliphatic carbocycles. The van der Waals surface area contributed by atoms with Crippen molar-refractivity contribution in [2.24, 2.45) is 5.92 Å². The molecule has 3 rings (SSSR count). The predicted molar refractivity (Wildman–Crippen MR) is 94.1 cm³/mol. The lowest BCUT2D eigenvalue weighted by atomic mass is 10.1. The Kier molecular flexibility index (Phi) is 4.97. The Morgan fingerprint density at radius 3 is 2.68 bits per heavy atom. The lowest BCUT2D eigenvalue weighted by Gasteiger charge is -2.25. The van der Waals surface area contributed by atoms with Crippen molar-refractivity contribution >= 4 is 17.5 Å². The van der Waals surface area contributed by atoms with Crippen LogP contribution in [-0.2, 0) is 9.59 Å². The van der Waals surface area contributed by atoms with Crippen LogP contribution in [0.15, 0.2) is 48.7 Å². The summed E-state index contributed by atoms with van der Waals surface area (Å²) in [6.07, 6.45) is 1.77. The molecule has 1 aromatic heterocycles. The minimum Gasteiger partial charge on any atom is -0.481 e. The summed E-state index contributed by atoms with van der Waals surface area (Å²) in [6.45, 7) is 2.41. The molecular weight excluding hydrogens is 318 g/mol. The molecule has 1 aliphatic rings. The lowest BCUT2D eigenvalue weighted by Crippen LogP contribution is -2.30. The van der Waals surface area contributed by atoms with Gasteiger partial charge in [-0.2, -0.15) is 0 Å². The van der Waals surface area contributed by atoms with Crippen molar-refractivity contribution in [1.29, 1.82) is 0 Å². The third-order valence-electron chi connectivity index (χ3n) is 4.49. The maximum Gasteiger partial charge on any atom is 0.229 e. The number of aromatic nitrogens is 1. The number of ether oxygens (including phenoxy) is 1. The van der Waals surface area contributed by atoms with Gasteiger partial charge in [-0.25, -0.2) is 4.98 Å². The standard InChI is InChI=1S/C19H21N3O3/c1-13(14-6-4-3-5-7-14)22-12-15(10-18(22)23)19(24)21-16-8-9-17(25-2)20-11-16/h3-9,11,13,15H,10,12H2,1-2H3,(H,21,24)/t13-,15-/m1/s1. The number of rotatable bonds is 5. The maximum absolute atomic E-state index is 12.5. The average molecular weight is 339 g/mol. The molecule has 2 aromatic rings. The Bertz CT molecular complexity index is 746. The second-order valence-corrected chi connectivity index (χ2v) is 6.11. The molecule has 130 valence electrons. The Morgan fingerprint density at radius 2 is 2.04 bits per heavy atom. The second-order valence-electron chi connectivity index (χ2n) is 6.11. The number of carbonyl (C=O) groups excluding carboxylic acids is 2. The van der Waals surface area contributed by atoms with Gasteiger partial charge in [-0.3, -0.25) is 9.59 Å². The highest BCUT2D eigenvalue weighted by Gasteiger charge is 2.37. The lowest BCUT2D eigenvalue weighted by molar-refractivity contribution is -0.129. The van der Waals surface area contributed by atoms with E-state index in [1.165, 1.54) is 13.3 Å². The smallest absolute Gasteiger partial charge is 0.229 e. The first-order valence-corrected chi connectivity index (χ1v) is 8.24. The minimum absolute atomic E-state index is 0.00404. The molecule has 0 radical (unpaired) electrons. The van der Waals surface area contributed by atoms with Gasteiger partial charge >= 0.3 is 0 Å². The fourth-order valence-corrected chi connectivity index (χ4v) is 3.01. The highest BCUT2D eigenvalue weighted by Crippen LogP contribution is 2.29. The molecule has 1 saturated heterocycles. The number of methoxy groups -OCH3 is 1. The fraction of sp³-hybridized carbons (Fsp3) is 0.316. The van der Waals surface area contributed by atoms with Crippen molar-refractivity contribution in [3.05, 3.63) is 54.2 Å². The molecule has 0 bridgehead atoms. The number of hydrogen-bond acceptors (Lipinski definition) is 4. The molecule has 1 N–H and O–H groups in total. The van der Waals surface area contributed by atoms with Crippen LogP contribution in [0.4, 0.5) is 5.69 Å². The van der Waals surface area contributed by atoms with Crippen LogP contribution in [0, 0.1) is 5.92 Å². The van der Waals surface area contributed by atoms with Crippen LogP contribution in [0.5, 0.6) is 5.88 Å². The number of hydrogen-bond donors (Lipinski definition) is 1. The van der Waals surface area contributed by atoms with Crippen molar-refractivity contribution < 1.29 is 14.3 Å². The number of amides is 2. The number of anilines is 1. The van der Waals surface area contributed by atoms with Gasteiger partial charge in [0.1, 0.15) is 0 Å². The van der Waals surface area contributed by atoms with Crippen LogP contribution < -0.4 is 10.1 Å². The molecule has 25 heavy (non-hydrogen) atoms. The molecular formula is C19H21N3O3. The first kappa shape index (κ1) is 17.0. The van der Waals surface area contributed by atoms with Crippen LogP contribution >= 0.6 is 0 Å². The molecule has 2 heterocycles.